The predicted molar refractivity (Wildman–Crippen MR) is 92.5 cm³/mol. The number of rotatable bonds is 8. The number of nitrogens with one attached hydrogen (secondary N) is 1. The smallest absolute Gasteiger partial charge is 0.255 e. The van der Waals surface area contributed by atoms with Gasteiger partial charge >= 0.3 is 0 Å². The Morgan fingerprint density at radius 1 is 1.08 bits per heavy atom. The van der Waals surface area contributed by atoms with E-state index in [1.807, 2.05) is 37.3 Å². The molecule has 0 heterocycles. The molecule has 5 nitrogen and oxygen atoms in total. The standard InChI is InChI=1S/C19H23NO4/c1-3-14-6-9-18(21)17(12-14)19(22)20-13-15-4-7-16(8-5-15)24-11-10-23-2/h4-9,12,21H,3,10-11,13H2,1-2H3,(H,20,22). The van der Waals surface area contributed by atoms with Gasteiger partial charge in [-0.2, -0.15) is 0 Å². The van der Waals surface area contributed by atoms with Gasteiger partial charge in [-0.15, -0.1) is 0 Å². The van der Waals surface area contributed by atoms with E-state index in [0.29, 0.717) is 25.3 Å². The second-order valence-corrected chi connectivity index (χ2v) is 5.37. The first kappa shape index (κ1) is 17.8. The number of amides is 1. The quantitative estimate of drug-likeness (QED) is 0.731. The van der Waals surface area contributed by atoms with Gasteiger partial charge in [-0.3, -0.25) is 4.79 Å². The monoisotopic (exact) mass is 329 g/mol. The molecule has 0 saturated heterocycles. The van der Waals surface area contributed by atoms with Crippen LogP contribution in [0.1, 0.15) is 28.4 Å². The van der Waals surface area contributed by atoms with E-state index < -0.39 is 0 Å². The lowest BCUT2D eigenvalue weighted by atomic mass is 10.1. The highest BCUT2D eigenvalue weighted by Gasteiger charge is 2.11. The lowest BCUT2D eigenvalue weighted by molar-refractivity contribution is 0.0948. The Morgan fingerprint density at radius 2 is 1.79 bits per heavy atom. The first-order valence-corrected chi connectivity index (χ1v) is 7.94. The molecule has 2 N–H and O–H groups in total. The minimum atomic E-state index is -0.289. The van der Waals surface area contributed by atoms with Crippen LogP contribution < -0.4 is 10.1 Å². The minimum Gasteiger partial charge on any atom is -0.507 e. The number of aryl methyl sites for hydroxylation is 1. The minimum absolute atomic E-state index is 0.00779. The molecule has 128 valence electrons. The van der Waals surface area contributed by atoms with Gasteiger partial charge in [-0.25, -0.2) is 0 Å². The molecule has 0 aliphatic carbocycles. The van der Waals surface area contributed by atoms with Crippen molar-refractivity contribution in [3.8, 4) is 11.5 Å². The lowest BCUT2D eigenvalue weighted by Gasteiger charge is -2.09. The number of ether oxygens (including phenoxy) is 2. The van der Waals surface area contributed by atoms with E-state index in [-0.39, 0.29) is 11.7 Å². The van der Waals surface area contributed by atoms with Crippen LogP contribution in [0.25, 0.3) is 0 Å². The van der Waals surface area contributed by atoms with Gasteiger partial charge < -0.3 is 19.9 Å². The molecule has 0 aliphatic heterocycles. The largest absolute Gasteiger partial charge is 0.507 e. The van der Waals surface area contributed by atoms with E-state index in [1.165, 1.54) is 0 Å². The zero-order chi connectivity index (χ0) is 17.4. The summed E-state index contributed by atoms with van der Waals surface area (Å²) in [6.07, 6.45) is 0.811. The summed E-state index contributed by atoms with van der Waals surface area (Å²) in [6.45, 7) is 3.43. The van der Waals surface area contributed by atoms with Crippen LogP contribution in [0.5, 0.6) is 11.5 Å². The summed E-state index contributed by atoms with van der Waals surface area (Å²) in [6, 6.07) is 12.6. The van der Waals surface area contributed by atoms with Gasteiger partial charge in [0.1, 0.15) is 18.1 Å². The van der Waals surface area contributed by atoms with Crippen LogP contribution in [0, 0.1) is 0 Å². The Bertz CT molecular complexity index is 668. The van der Waals surface area contributed by atoms with Gasteiger partial charge in [0.25, 0.3) is 5.91 Å². The molecule has 0 aliphatic rings. The van der Waals surface area contributed by atoms with E-state index in [1.54, 1.807) is 19.2 Å². The van der Waals surface area contributed by atoms with Crippen molar-refractivity contribution in [1.82, 2.24) is 5.32 Å². The second-order valence-electron chi connectivity index (χ2n) is 5.37. The zero-order valence-corrected chi connectivity index (χ0v) is 14.0. The third kappa shape index (κ3) is 4.99. The van der Waals surface area contributed by atoms with E-state index in [2.05, 4.69) is 5.32 Å². The summed E-state index contributed by atoms with van der Waals surface area (Å²) in [4.78, 5) is 12.2. The van der Waals surface area contributed by atoms with Crippen molar-refractivity contribution in [2.45, 2.75) is 19.9 Å². The van der Waals surface area contributed by atoms with Gasteiger partial charge in [0, 0.05) is 13.7 Å². The Morgan fingerprint density at radius 3 is 2.46 bits per heavy atom. The molecule has 0 aromatic heterocycles. The fourth-order valence-electron chi connectivity index (χ4n) is 2.21. The Labute approximate surface area is 142 Å². The number of carbonyl (C=O) groups is 1. The Hall–Kier alpha value is -2.53. The van der Waals surface area contributed by atoms with Crippen LogP contribution in [0.3, 0.4) is 0 Å². The van der Waals surface area contributed by atoms with Crippen LogP contribution in [-0.2, 0) is 17.7 Å². The van der Waals surface area contributed by atoms with E-state index in [0.717, 1.165) is 23.3 Å². The van der Waals surface area contributed by atoms with Gasteiger partial charge in [-0.05, 0) is 41.8 Å². The molecule has 0 unspecified atom stereocenters. The van der Waals surface area contributed by atoms with Crippen molar-refractivity contribution >= 4 is 5.91 Å². The van der Waals surface area contributed by atoms with Crippen molar-refractivity contribution in [2.75, 3.05) is 20.3 Å². The van der Waals surface area contributed by atoms with Crippen LogP contribution in [0.15, 0.2) is 42.5 Å². The molecule has 2 aromatic carbocycles. The molecule has 0 spiro atoms. The van der Waals surface area contributed by atoms with Crippen molar-refractivity contribution in [1.29, 1.82) is 0 Å². The summed E-state index contributed by atoms with van der Waals surface area (Å²) < 4.78 is 10.4. The number of benzene rings is 2. The summed E-state index contributed by atoms with van der Waals surface area (Å²) >= 11 is 0. The maximum Gasteiger partial charge on any atom is 0.255 e. The molecule has 0 atom stereocenters. The molecule has 2 aromatic rings. The highest BCUT2D eigenvalue weighted by molar-refractivity contribution is 5.96. The maximum atomic E-state index is 12.2. The molecule has 0 radical (unpaired) electrons. The third-order valence-electron chi connectivity index (χ3n) is 3.65. The lowest BCUT2D eigenvalue weighted by Crippen LogP contribution is -2.23. The molecule has 0 bridgehead atoms. The SMILES string of the molecule is CCc1ccc(O)c(C(=O)NCc2ccc(OCCOC)cc2)c1. The number of phenolic OH excluding ortho intramolecular Hbond substituents is 1. The predicted octanol–water partition coefficient (Wildman–Crippen LogP) is 2.91. The average molecular weight is 329 g/mol. The number of hydrogen-bond acceptors (Lipinski definition) is 4. The van der Waals surface area contributed by atoms with Crippen LogP contribution >= 0.6 is 0 Å². The van der Waals surface area contributed by atoms with Crippen LogP contribution in [0.2, 0.25) is 0 Å². The van der Waals surface area contributed by atoms with Crippen molar-refractivity contribution in [3.63, 3.8) is 0 Å². The van der Waals surface area contributed by atoms with Crippen LogP contribution in [-0.4, -0.2) is 31.3 Å². The van der Waals surface area contributed by atoms with E-state index >= 15 is 0 Å². The maximum absolute atomic E-state index is 12.2. The van der Waals surface area contributed by atoms with Crippen molar-refractivity contribution in [3.05, 3.63) is 59.2 Å². The summed E-state index contributed by atoms with van der Waals surface area (Å²) in [5.74, 6) is 0.463. The van der Waals surface area contributed by atoms with Crippen molar-refractivity contribution in [2.24, 2.45) is 0 Å². The average Bonchev–Trinajstić information content (AvgIpc) is 2.61. The highest BCUT2D eigenvalue weighted by Crippen LogP contribution is 2.19. The molecule has 0 fully saturated rings. The summed E-state index contributed by atoms with van der Waals surface area (Å²) in [7, 11) is 1.63. The molecule has 0 saturated carbocycles. The molecule has 24 heavy (non-hydrogen) atoms. The molecular formula is C19H23NO4. The zero-order valence-electron chi connectivity index (χ0n) is 14.0. The fourth-order valence-corrected chi connectivity index (χ4v) is 2.21. The van der Waals surface area contributed by atoms with E-state index in [4.69, 9.17) is 9.47 Å². The topological polar surface area (TPSA) is 67.8 Å². The first-order chi connectivity index (χ1) is 11.6. The molecule has 2 rings (SSSR count). The number of methoxy groups -OCH3 is 1. The van der Waals surface area contributed by atoms with E-state index in [9.17, 15) is 9.90 Å². The van der Waals surface area contributed by atoms with Gasteiger partial charge in [0.15, 0.2) is 0 Å². The van der Waals surface area contributed by atoms with Crippen molar-refractivity contribution < 1.29 is 19.4 Å². The first-order valence-electron chi connectivity index (χ1n) is 7.94. The normalized spacial score (nSPS) is 10.4. The molecule has 5 heteroatoms. The second kappa shape index (κ2) is 8.93. The third-order valence-corrected chi connectivity index (χ3v) is 3.65. The highest BCUT2D eigenvalue weighted by atomic mass is 16.5. The number of phenols is 1. The Balaban J connectivity index is 1.92. The summed E-state index contributed by atoms with van der Waals surface area (Å²) in [5, 5.41) is 12.7. The molecule has 1 amide bonds. The molecular weight excluding hydrogens is 306 g/mol. The number of aromatic hydroxyl groups is 1. The fraction of sp³-hybridized carbons (Fsp3) is 0.316. The van der Waals surface area contributed by atoms with Crippen LogP contribution in [0.4, 0.5) is 0 Å². The number of carbonyl (C=O) groups excluding carboxylic acids is 1. The number of hydrogen-bond donors (Lipinski definition) is 2. The summed E-state index contributed by atoms with van der Waals surface area (Å²) in [5.41, 5.74) is 2.26. The van der Waals surface area contributed by atoms with Gasteiger partial charge in [0.2, 0.25) is 0 Å². The van der Waals surface area contributed by atoms with Gasteiger partial charge in [-0.1, -0.05) is 25.1 Å². The Kier molecular flexibility index (Phi) is 6.63. The van der Waals surface area contributed by atoms with Gasteiger partial charge in [0.05, 0.1) is 12.2 Å².